The number of aliphatic hydroxyl groups is 2. The van der Waals surface area contributed by atoms with Gasteiger partial charge in [0, 0.05) is 6.61 Å². The molecule has 12 heavy (non-hydrogen) atoms. The molecular formula is C10H18O2. The highest BCUT2D eigenvalue weighted by Crippen LogP contribution is 2.26. The van der Waals surface area contributed by atoms with E-state index in [2.05, 4.69) is 12.2 Å². The Labute approximate surface area is 73.9 Å². The van der Waals surface area contributed by atoms with E-state index in [4.69, 9.17) is 5.11 Å². The highest BCUT2D eigenvalue weighted by molar-refractivity contribution is 4.90. The van der Waals surface area contributed by atoms with Crippen molar-refractivity contribution in [2.45, 2.75) is 44.1 Å². The Hall–Kier alpha value is -0.340. The number of hydrogen-bond acceptors (Lipinski definition) is 2. The average Bonchev–Trinajstić information content (AvgIpc) is 1.99. The zero-order valence-electron chi connectivity index (χ0n) is 7.50. The van der Waals surface area contributed by atoms with E-state index in [1.54, 1.807) is 0 Å². The van der Waals surface area contributed by atoms with Gasteiger partial charge in [-0.2, -0.15) is 0 Å². The maximum absolute atomic E-state index is 9.98. The van der Waals surface area contributed by atoms with Crippen molar-refractivity contribution in [1.29, 1.82) is 0 Å². The average molecular weight is 170 g/mol. The van der Waals surface area contributed by atoms with E-state index < -0.39 is 5.60 Å². The van der Waals surface area contributed by atoms with Gasteiger partial charge in [0.15, 0.2) is 0 Å². The minimum Gasteiger partial charge on any atom is -0.396 e. The highest BCUT2D eigenvalue weighted by atomic mass is 16.3. The largest absolute Gasteiger partial charge is 0.396 e. The third-order valence-corrected chi connectivity index (χ3v) is 2.53. The topological polar surface area (TPSA) is 40.5 Å². The van der Waals surface area contributed by atoms with Crippen LogP contribution in [0.5, 0.6) is 0 Å². The van der Waals surface area contributed by atoms with Crippen LogP contribution in [-0.4, -0.2) is 22.4 Å². The van der Waals surface area contributed by atoms with Crippen LogP contribution in [-0.2, 0) is 0 Å². The van der Waals surface area contributed by atoms with Gasteiger partial charge in [-0.15, -0.1) is 0 Å². The minimum absolute atomic E-state index is 0.0974. The zero-order valence-corrected chi connectivity index (χ0v) is 7.50. The summed E-state index contributed by atoms with van der Waals surface area (Å²) in [7, 11) is 0. The summed E-state index contributed by atoms with van der Waals surface area (Å²) in [6.45, 7) is 0.0974. The Bertz CT molecular complexity index is 154. The van der Waals surface area contributed by atoms with Crippen LogP contribution in [0.1, 0.15) is 38.5 Å². The smallest absolute Gasteiger partial charge is 0.0672 e. The van der Waals surface area contributed by atoms with Crippen molar-refractivity contribution in [1.82, 2.24) is 0 Å². The lowest BCUT2D eigenvalue weighted by Crippen LogP contribution is -2.30. The van der Waals surface area contributed by atoms with Gasteiger partial charge in [-0.1, -0.05) is 12.2 Å². The maximum atomic E-state index is 9.98. The van der Waals surface area contributed by atoms with Gasteiger partial charge in [0.2, 0.25) is 0 Å². The van der Waals surface area contributed by atoms with E-state index in [9.17, 15) is 5.11 Å². The number of allylic oxidation sites excluding steroid dienone is 2. The van der Waals surface area contributed by atoms with Crippen LogP contribution in [0.3, 0.4) is 0 Å². The lowest BCUT2D eigenvalue weighted by atomic mass is 9.87. The first kappa shape index (κ1) is 9.75. The molecule has 0 spiro atoms. The van der Waals surface area contributed by atoms with Crippen molar-refractivity contribution < 1.29 is 10.2 Å². The second kappa shape index (κ2) is 4.63. The van der Waals surface area contributed by atoms with Crippen LogP contribution in [0.4, 0.5) is 0 Å². The molecule has 2 heteroatoms. The first-order chi connectivity index (χ1) is 5.77. The first-order valence-corrected chi connectivity index (χ1v) is 4.75. The molecule has 2 nitrogen and oxygen atoms in total. The SMILES string of the molecule is OCC[C@]1(O)CC/C=C/CCC1. The molecule has 0 aromatic rings. The number of rotatable bonds is 2. The molecule has 1 aliphatic carbocycles. The van der Waals surface area contributed by atoms with Gasteiger partial charge in [0.05, 0.1) is 5.60 Å². The molecule has 0 bridgehead atoms. The van der Waals surface area contributed by atoms with E-state index in [-0.39, 0.29) is 6.61 Å². The van der Waals surface area contributed by atoms with Gasteiger partial charge in [-0.25, -0.2) is 0 Å². The van der Waals surface area contributed by atoms with E-state index in [0.29, 0.717) is 6.42 Å². The fraction of sp³-hybridized carbons (Fsp3) is 0.800. The summed E-state index contributed by atoms with van der Waals surface area (Å²) in [6.07, 6.45) is 9.50. The molecule has 0 aliphatic heterocycles. The van der Waals surface area contributed by atoms with Crippen molar-refractivity contribution in [2.24, 2.45) is 0 Å². The molecule has 0 unspecified atom stereocenters. The molecule has 1 aliphatic rings. The summed E-state index contributed by atoms with van der Waals surface area (Å²) in [5.74, 6) is 0. The van der Waals surface area contributed by atoms with Crippen LogP contribution in [0, 0.1) is 0 Å². The van der Waals surface area contributed by atoms with Crippen molar-refractivity contribution in [3.8, 4) is 0 Å². The van der Waals surface area contributed by atoms with Gasteiger partial charge >= 0.3 is 0 Å². The summed E-state index contributed by atoms with van der Waals surface area (Å²) in [5, 5.41) is 18.8. The van der Waals surface area contributed by atoms with E-state index >= 15 is 0 Å². The zero-order chi connectivity index (χ0) is 8.86. The minimum atomic E-state index is -0.598. The molecule has 1 rings (SSSR count). The molecule has 0 aromatic carbocycles. The Morgan fingerprint density at radius 2 is 1.92 bits per heavy atom. The quantitative estimate of drug-likeness (QED) is 0.618. The molecular weight excluding hydrogens is 152 g/mol. The second-order valence-corrected chi connectivity index (χ2v) is 3.60. The van der Waals surface area contributed by atoms with Crippen LogP contribution in [0.2, 0.25) is 0 Å². The second-order valence-electron chi connectivity index (χ2n) is 3.60. The molecule has 2 N–H and O–H groups in total. The van der Waals surface area contributed by atoms with E-state index in [0.717, 1.165) is 32.1 Å². The lowest BCUT2D eigenvalue weighted by molar-refractivity contribution is -0.00119. The normalized spacial score (nSPS) is 33.8. The first-order valence-electron chi connectivity index (χ1n) is 4.75. The van der Waals surface area contributed by atoms with Crippen molar-refractivity contribution >= 4 is 0 Å². The molecule has 0 heterocycles. The predicted molar refractivity (Wildman–Crippen MR) is 48.9 cm³/mol. The monoisotopic (exact) mass is 170 g/mol. The van der Waals surface area contributed by atoms with Gasteiger partial charge < -0.3 is 10.2 Å². The maximum Gasteiger partial charge on any atom is 0.0672 e. The molecule has 0 fully saturated rings. The van der Waals surface area contributed by atoms with Gasteiger partial charge in [-0.3, -0.25) is 0 Å². The fourth-order valence-corrected chi connectivity index (χ4v) is 1.72. The number of hydrogen-bond donors (Lipinski definition) is 2. The predicted octanol–water partition coefficient (Wildman–Crippen LogP) is 1.62. The molecule has 1 atom stereocenters. The number of aliphatic hydroxyl groups excluding tert-OH is 1. The highest BCUT2D eigenvalue weighted by Gasteiger charge is 2.25. The summed E-state index contributed by atoms with van der Waals surface area (Å²) >= 11 is 0. The summed E-state index contributed by atoms with van der Waals surface area (Å²) in [6, 6.07) is 0. The van der Waals surface area contributed by atoms with Crippen molar-refractivity contribution in [3.63, 3.8) is 0 Å². The Morgan fingerprint density at radius 3 is 2.67 bits per heavy atom. The third-order valence-electron chi connectivity index (χ3n) is 2.53. The Kier molecular flexibility index (Phi) is 3.76. The lowest BCUT2D eigenvalue weighted by Gasteiger charge is -2.27. The van der Waals surface area contributed by atoms with Gasteiger partial charge in [-0.05, 0) is 38.5 Å². The molecule has 70 valence electrons. The van der Waals surface area contributed by atoms with E-state index in [1.807, 2.05) is 0 Å². The summed E-state index contributed by atoms with van der Waals surface area (Å²) < 4.78 is 0. The van der Waals surface area contributed by atoms with Gasteiger partial charge in [0.1, 0.15) is 0 Å². The van der Waals surface area contributed by atoms with Crippen molar-refractivity contribution in [2.75, 3.05) is 6.61 Å². The molecule has 0 amide bonds. The van der Waals surface area contributed by atoms with Gasteiger partial charge in [0.25, 0.3) is 0 Å². The summed E-state index contributed by atoms with van der Waals surface area (Å²) in [4.78, 5) is 0. The van der Waals surface area contributed by atoms with E-state index in [1.165, 1.54) is 0 Å². The van der Waals surface area contributed by atoms with Crippen LogP contribution in [0.25, 0.3) is 0 Å². The van der Waals surface area contributed by atoms with Crippen LogP contribution < -0.4 is 0 Å². The molecule has 0 saturated heterocycles. The van der Waals surface area contributed by atoms with Crippen LogP contribution >= 0.6 is 0 Å². The Balaban J connectivity index is 2.45. The van der Waals surface area contributed by atoms with Crippen molar-refractivity contribution in [3.05, 3.63) is 12.2 Å². The Morgan fingerprint density at radius 1 is 1.17 bits per heavy atom. The summed E-state index contributed by atoms with van der Waals surface area (Å²) in [5.41, 5.74) is -0.598. The standard InChI is InChI=1S/C10H18O2/c11-9-8-10(12)6-4-2-1-3-5-7-10/h1-2,11-12H,3-9H2/b2-1+/t10-/m0/s1. The fourth-order valence-electron chi connectivity index (χ4n) is 1.72. The third kappa shape index (κ3) is 2.95. The molecule has 0 aromatic heterocycles. The molecule has 0 saturated carbocycles. The van der Waals surface area contributed by atoms with Crippen LogP contribution in [0.15, 0.2) is 12.2 Å². The molecule has 0 radical (unpaired) electrons.